The highest BCUT2D eigenvalue weighted by molar-refractivity contribution is 9.10. The van der Waals surface area contributed by atoms with Crippen LogP contribution in [0.2, 0.25) is 5.02 Å². The molecule has 0 aliphatic carbocycles. The molecule has 8 nitrogen and oxygen atoms in total. The molecule has 0 spiro atoms. The lowest BCUT2D eigenvalue weighted by Gasteiger charge is -2.11. The summed E-state index contributed by atoms with van der Waals surface area (Å²) >= 11 is 9.39. The van der Waals surface area contributed by atoms with Crippen molar-refractivity contribution in [2.45, 2.75) is 6.92 Å². The summed E-state index contributed by atoms with van der Waals surface area (Å²) in [6, 6.07) is 11.4. The second-order valence-electron chi connectivity index (χ2n) is 6.82. The third-order valence-corrected chi connectivity index (χ3v) is 5.43. The van der Waals surface area contributed by atoms with Gasteiger partial charge < -0.3 is 19.8 Å². The Bertz CT molecular complexity index is 1290. The molecule has 32 heavy (non-hydrogen) atoms. The van der Waals surface area contributed by atoms with Gasteiger partial charge in [-0.25, -0.2) is 9.59 Å². The van der Waals surface area contributed by atoms with Gasteiger partial charge in [-0.2, -0.15) is 5.10 Å². The molecule has 2 amide bonds. The predicted molar refractivity (Wildman–Crippen MR) is 126 cm³/mol. The number of nitrogens with one attached hydrogen (secondary N) is 2. The van der Waals surface area contributed by atoms with Crippen molar-refractivity contribution in [3.8, 4) is 11.3 Å². The second-order valence-corrected chi connectivity index (χ2v) is 8.11. The van der Waals surface area contributed by atoms with Crippen LogP contribution >= 0.6 is 27.5 Å². The quantitative estimate of drug-likeness (QED) is 0.313. The number of esters is 1. The topological polar surface area (TPSA) is 98.4 Å². The maximum absolute atomic E-state index is 12.6. The van der Waals surface area contributed by atoms with Crippen LogP contribution in [-0.4, -0.2) is 28.4 Å². The zero-order valence-electron chi connectivity index (χ0n) is 17.1. The summed E-state index contributed by atoms with van der Waals surface area (Å²) in [5.74, 6) is -0.488. The van der Waals surface area contributed by atoms with Crippen LogP contribution < -0.4 is 10.6 Å². The molecule has 0 aliphatic rings. The first kappa shape index (κ1) is 21.9. The van der Waals surface area contributed by atoms with Crippen molar-refractivity contribution in [3.63, 3.8) is 0 Å². The van der Waals surface area contributed by atoms with Gasteiger partial charge in [0, 0.05) is 34.4 Å². The number of fused-ring (bicyclic) bond motifs is 1. The van der Waals surface area contributed by atoms with E-state index < -0.39 is 12.0 Å². The van der Waals surface area contributed by atoms with Crippen molar-refractivity contribution in [2.24, 2.45) is 7.05 Å². The summed E-state index contributed by atoms with van der Waals surface area (Å²) in [7, 11) is 1.79. The Hall–Kier alpha value is -3.30. The second kappa shape index (κ2) is 9.05. The fourth-order valence-corrected chi connectivity index (χ4v) is 3.93. The number of carbonyl (C=O) groups excluding carboxylic acids is 2. The fourth-order valence-electron chi connectivity index (χ4n) is 3.24. The molecule has 4 aromatic rings. The minimum atomic E-state index is -0.561. The first-order chi connectivity index (χ1) is 15.4. The van der Waals surface area contributed by atoms with Gasteiger partial charge in [-0.05, 0) is 65.3 Å². The van der Waals surface area contributed by atoms with Crippen molar-refractivity contribution < 1.29 is 18.7 Å². The van der Waals surface area contributed by atoms with Crippen LogP contribution in [-0.2, 0) is 11.8 Å². The Morgan fingerprint density at radius 1 is 1.16 bits per heavy atom. The van der Waals surface area contributed by atoms with Gasteiger partial charge in [0.1, 0.15) is 5.58 Å². The van der Waals surface area contributed by atoms with Crippen molar-refractivity contribution in [3.05, 3.63) is 63.9 Å². The summed E-state index contributed by atoms with van der Waals surface area (Å²) in [5, 5.41) is 11.0. The lowest BCUT2D eigenvalue weighted by Crippen LogP contribution is -2.19. The third-order valence-electron chi connectivity index (χ3n) is 4.60. The standard InChI is InChI=1S/C22H18BrClN4O4/c1-3-31-21(29)18-9-12-8-15(27-22(30)26-14-6-4-13(24)5-7-14)10-16(20(12)32-18)19-17(23)11-25-28(19)2/h4-11H,3H2,1-2H3,(H2,26,27,30). The zero-order chi connectivity index (χ0) is 22.8. The van der Waals surface area contributed by atoms with Gasteiger partial charge in [0.2, 0.25) is 5.76 Å². The first-order valence-corrected chi connectivity index (χ1v) is 10.8. The molecule has 0 unspecified atom stereocenters. The van der Waals surface area contributed by atoms with E-state index in [0.717, 1.165) is 10.2 Å². The molecule has 4 rings (SSSR count). The average molecular weight is 518 g/mol. The molecule has 0 radical (unpaired) electrons. The van der Waals surface area contributed by atoms with E-state index in [-0.39, 0.29) is 12.4 Å². The van der Waals surface area contributed by atoms with Gasteiger partial charge >= 0.3 is 12.0 Å². The number of furan rings is 1. The highest BCUT2D eigenvalue weighted by Gasteiger charge is 2.21. The number of urea groups is 1. The molecule has 0 saturated carbocycles. The number of anilines is 2. The lowest BCUT2D eigenvalue weighted by molar-refractivity contribution is 0.0492. The number of aromatic nitrogens is 2. The Kier molecular flexibility index (Phi) is 6.20. The Morgan fingerprint density at radius 2 is 1.88 bits per heavy atom. The first-order valence-electron chi connectivity index (χ1n) is 9.62. The number of hydrogen-bond acceptors (Lipinski definition) is 5. The number of amides is 2. The predicted octanol–water partition coefficient (Wildman–Crippen LogP) is 6.07. The van der Waals surface area contributed by atoms with Crippen LogP contribution in [0.1, 0.15) is 17.5 Å². The summed E-state index contributed by atoms with van der Waals surface area (Å²) in [5.41, 5.74) is 2.94. The molecule has 0 atom stereocenters. The van der Waals surface area contributed by atoms with E-state index in [1.54, 1.807) is 67.3 Å². The van der Waals surface area contributed by atoms with Crippen molar-refractivity contribution in [1.82, 2.24) is 9.78 Å². The van der Waals surface area contributed by atoms with Crippen LogP contribution in [0.15, 0.2) is 57.6 Å². The monoisotopic (exact) mass is 516 g/mol. The normalized spacial score (nSPS) is 10.9. The molecule has 0 aliphatic heterocycles. The molecule has 2 aromatic heterocycles. The van der Waals surface area contributed by atoms with Crippen molar-refractivity contribution >= 4 is 61.9 Å². The molecule has 2 N–H and O–H groups in total. The van der Waals surface area contributed by atoms with Crippen molar-refractivity contribution in [2.75, 3.05) is 17.2 Å². The lowest BCUT2D eigenvalue weighted by atomic mass is 10.1. The molecule has 0 bridgehead atoms. The highest BCUT2D eigenvalue weighted by atomic mass is 79.9. The Morgan fingerprint density at radius 3 is 2.53 bits per heavy atom. The molecule has 0 fully saturated rings. The number of carbonyl (C=O) groups is 2. The molecule has 2 heterocycles. The number of nitrogens with zero attached hydrogens (tertiary/aromatic N) is 2. The van der Waals surface area contributed by atoms with E-state index in [0.29, 0.717) is 32.9 Å². The van der Waals surface area contributed by atoms with E-state index in [9.17, 15) is 9.59 Å². The maximum atomic E-state index is 12.6. The Labute approximate surface area is 196 Å². The number of aryl methyl sites for hydroxylation is 1. The minimum Gasteiger partial charge on any atom is -0.460 e. The molecular weight excluding hydrogens is 500 g/mol. The van der Waals surface area contributed by atoms with Gasteiger partial charge in [0.05, 0.1) is 23.0 Å². The van der Waals surface area contributed by atoms with Crippen LogP contribution in [0.4, 0.5) is 16.2 Å². The number of ether oxygens (including phenoxy) is 1. The van der Waals surface area contributed by atoms with E-state index >= 15 is 0 Å². The highest BCUT2D eigenvalue weighted by Crippen LogP contribution is 2.37. The summed E-state index contributed by atoms with van der Waals surface area (Å²) in [4.78, 5) is 24.8. The largest absolute Gasteiger partial charge is 0.460 e. The molecular formula is C22H18BrClN4O4. The smallest absolute Gasteiger partial charge is 0.374 e. The van der Waals surface area contributed by atoms with Gasteiger partial charge in [0.15, 0.2) is 0 Å². The molecule has 10 heteroatoms. The zero-order valence-corrected chi connectivity index (χ0v) is 19.5. The molecule has 2 aromatic carbocycles. The van der Waals surface area contributed by atoms with Gasteiger partial charge in [0.25, 0.3) is 0 Å². The maximum Gasteiger partial charge on any atom is 0.374 e. The van der Waals surface area contributed by atoms with Crippen molar-refractivity contribution in [1.29, 1.82) is 0 Å². The Balaban J connectivity index is 1.73. The van der Waals surface area contributed by atoms with Crippen LogP contribution in [0, 0.1) is 0 Å². The number of rotatable bonds is 5. The van der Waals surface area contributed by atoms with Gasteiger partial charge in [-0.15, -0.1) is 0 Å². The SMILES string of the molecule is CCOC(=O)c1cc2cc(NC(=O)Nc3ccc(Cl)cc3)cc(-c3c(Br)cnn3C)c2o1. The van der Waals surface area contributed by atoms with E-state index in [1.165, 1.54) is 0 Å². The van der Waals surface area contributed by atoms with Crippen LogP contribution in [0.25, 0.3) is 22.2 Å². The van der Waals surface area contributed by atoms with E-state index in [2.05, 4.69) is 31.7 Å². The molecule has 0 saturated heterocycles. The summed E-state index contributed by atoms with van der Waals surface area (Å²) in [6.07, 6.45) is 1.66. The van der Waals surface area contributed by atoms with Gasteiger partial charge in [-0.3, -0.25) is 4.68 Å². The fraction of sp³-hybridized carbons (Fsp3) is 0.136. The van der Waals surface area contributed by atoms with Crippen LogP contribution in [0.5, 0.6) is 0 Å². The van der Waals surface area contributed by atoms with Gasteiger partial charge in [-0.1, -0.05) is 11.6 Å². The number of benzene rings is 2. The average Bonchev–Trinajstić information content (AvgIpc) is 3.32. The van der Waals surface area contributed by atoms with E-state index in [1.807, 2.05) is 0 Å². The number of halogens is 2. The molecule has 164 valence electrons. The number of hydrogen-bond donors (Lipinski definition) is 2. The third kappa shape index (κ3) is 4.49. The summed E-state index contributed by atoms with van der Waals surface area (Å²) in [6.45, 7) is 1.95. The van der Waals surface area contributed by atoms with E-state index in [4.69, 9.17) is 20.8 Å². The minimum absolute atomic E-state index is 0.0733. The van der Waals surface area contributed by atoms with Crippen LogP contribution in [0.3, 0.4) is 0 Å². The summed E-state index contributed by atoms with van der Waals surface area (Å²) < 4.78 is 13.3.